The van der Waals surface area contributed by atoms with E-state index >= 15 is 0 Å². The van der Waals surface area contributed by atoms with E-state index in [9.17, 15) is 40.2 Å². The average Bonchev–Trinajstić information content (AvgIpc) is 3.03. The monoisotopic (exact) mass is 624 g/mol. The molecule has 2 aromatic carbocycles. The Balaban J connectivity index is 1.48. The van der Waals surface area contributed by atoms with Gasteiger partial charge in [-0.1, -0.05) is 0 Å². The first-order chi connectivity index (χ1) is 21.0. The molecule has 2 saturated heterocycles. The minimum atomic E-state index is -1.74. The lowest BCUT2D eigenvalue weighted by molar-refractivity contribution is -0.277. The second-order valence-corrected chi connectivity index (χ2v) is 10.2. The molecule has 44 heavy (non-hydrogen) atoms. The van der Waals surface area contributed by atoms with Crippen LogP contribution in [0.3, 0.4) is 0 Å². The minimum absolute atomic E-state index is 0.00101. The maximum absolute atomic E-state index is 12.9. The molecule has 2 fully saturated rings. The van der Waals surface area contributed by atoms with Crippen LogP contribution in [0.5, 0.6) is 23.0 Å². The van der Waals surface area contributed by atoms with Gasteiger partial charge in [0.2, 0.25) is 12.6 Å². The van der Waals surface area contributed by atoms with Gasteiger partial charge in [0.05, 0.1) is 25.3 Å². The first-order valence-electron chi connectivity index (χ1n) is 13.4. The van der Waals surface area contributed by atoms with Crippen molar-refractivity contribution in [2.75, 3.05) is 27.4 Å². The normalized spacial score (nSPS) is 34.4. The molecule has 16 heteroatoms. The second-order valence-electron chi connectivity index (χ2n) is 10.2. The molecule has 10 atom stereocenters. The van der Waals surface area contributed by atoms with E-state index in [2.05, 4.69) is 0 Å². The van der Waals surface area contributed by atoms with Gasteiger partial charge in [-0.15, -0.1) is 0 Å². The van der Waals surface area contributed by atoms with E-state index in [0.29, 0.717) is 0 Å². The highest BCUT2D eigenvalue weighted by Crippen LogP contribution is 2.34. The first kappa shape index (κ1) is 31.7. The number of benzene rings is 2. The van der Waals surface area contributed by atoms with Crippen LogP contribution in [0.1, 0.15) is 20.7 Å². The summed E-state index contributed by atoms with van der Waals surface area (Å²) in [5.74, 6) is -1.80. The third-order valence-electron chi connectivity index (χ3n) is 7.38. The lowest BCUT2D eigenvalue weighted by atomic mass is 9.99. The van der Waals surface area contributed by atoms with Gasteiger partial charge in [0, 0.05) is 0 Å². The molecule has 8 bridgehead atoms. The molecule has 6 aliphatic heterocycles. The van der Waals surface area contributed by atoms with Crippen molar-refractivity contribution >= 4 is 11.9 Å². The van der Waals surface area contributed by atoms with Crippen molar-refractivity contribution in [1.29, 1.82) is 0 Å². The van der Waals surface area contributed by atoms with E-state index in [0.717, 1.165) is 0 Å². The molecule has 0 aromatic heterocycles. The zero-order valence-corrected chi connectivity index (χ0v) is 23.4. The summed E-state index contributed by atoms with van der Waals surface area (Å²) in [6.07, 6.45) is -16.0. The Morgan fingerprint density at radius 2 is 0.977 bits per heavy atom. The van der Waals surface area contributed by atoms with Gasteiger partial charge in [0.1, 0.15) is 62.0 Å². The predicted molar refractivity (Wildman–Crippen MR) is 141 cm³/mol. The van der Waals surface area contributed by atoms with Gasteiger partial charge in [-0.2, -0.15) is 0 Å². The lowest BCUT2D eigenvalue weighted by Gasteiger charge is -2.40. The van der Waals surface area contributed by atoms with E-state index in [1.54, 1.807) is 0 Å². The fourth-order valence-electron chi connectivity index (χ4n) is 4.82. The summed E-state index contributed by atoms with van der Waals surface area (Å²) in [7, 11) is 2.56. The zero-order valence-electron chi connectivity index (χ0n) is 23.4. The number of ether oxygens (including phenoxy) is 8. The maximum atomic E-state index is 12.9. The Bertz CT molecular complexity index is 1250. The molecule has 0 unspecified atom stereocenters. The van der Waals surface area contributed by atoms with Gasteiger partial charge >= 0.3 is 11.9 Å². The van der Waals surface area contributed by atoms with E-state index in [-0.39, 0.29) is 34.1 Å². The number of aliphatic hydroxyl groups is 6. The highest BCUT2D eigenvalue weighted by atomic mass is 16.7. The zero-order chi connectivity index (χ0) is 31.7. The number of hydrogen-bond acceptors (Lipinski definition) is 16. The second kappa shape index (κ2) is 13.1. The molecule has 0 amide bonds. The molecular formula is C28H32O16. The summed E-state index contributed by atoms with van der Waals surface area (Å²) in [5.41, 5.74) is -0.0459. The van der Waals surface area contributed by atoms with Crippen LogP contribution in [0.25, 0.3) is 0 Å². The lowest BCUT2D eigenvalue weighted by Crippen LogP contribution is -2.60. The molecule has 2 aromatic rings. The Hall–Kier alpha value is -3.74. The largest absolute Gasteiger partial charge is 0.493 e. The fraction of sp³-hybridized carbons (Fsp3) is 0.500. The molecule has 0 saturated carbocycles. The van der Waals surface area contributed by atoms with Crippen LogP contribution >= 0.6 is 0 Å². The summed E-state index contributed by atoms with van der Waals surface area (Å²) in [4.78, 5) is 25.7. The van der Waals surface area contributed by atoms with Gasteiger partial charge in [0.25, 0.3) is 0 Å². The van der Waals surface area contributed by atoms with Crippen LogP contribution in [0.2, 0.25) is 0 Å². The van der Waals surface area contributed by atoms with Crippen LogP contribution in [-0.4, -0.2) is 131 Å². The van der Waals surface area contributed by atoms with Crippen LogP contribution in [0.4, 0.5) is 0 Å². The first-order valence-corrected chi connectivity index (χ1v) is 13.4. The maximum Gasteiger partial charge on any atom is 0.338 e. The topological polar surface area (TPSA) is 229 Å². The Morgan fingerprint density at radius 3 is 1.34 bits per heavy atom. The average molecular weight is 625 g/mol. The number of esters is 2. The van der Waals surface area contributed by atoms with E-state index < -0.39 is 86.6 Å². The molecule has 0 aliphatic carbocycles. The molecule has 6 N–H and O–H groups in total. The number of methoxy groups -OCH3 is 2. The van der Waals surface area contributed by atoms with Crippen LogP contribution in [-0.2, 0) is 18.9 Å². The third kappa shape index (κ3) is 6.24. The number of rotatable bonds is 2. The van der Waals surface area contributed by atoms with Gasteiger partial charge in [0.15, 0.2) is 23.0 Å². The summed E-state index contributed by atoms with van der Waals surface area (Å²) in [6.45, 7) is -1.12. The number of carbonyl (C=O) groups excluding carboxylic acids is 2. The third-order valence-corrected chi connectivity index (χ3v) is 7.38. The Morgan fingerprint density at radius 1 is 0.591 bits per heavy atom. The van der Waals surface area contributed by atoms with Crippen molar-refractivity contribution in [2.24, 2.45) is 0 Å². The molecule has 8 rings (SSSR count). The SMILES string of the molecule is COc1cc2ccc1O[C@@H]1O[C@H](COC(=O)c3ccc(c(OC)c3)O[C@@H]3O[C@H](COC2=O)[C@@H](O)[C@H](O)[C@H]3O)[C@@H](O)[C@H](O)[C@H]1O. The molecule has 6 heterocycles. The number of hydrogen-bond donors (Lipinski definition) is 6. The number of carbonyl (C=O) groups is 2. The van der Waals surface area contributed by atoms with E-state index in [4.69, 9.17) is 37.9 Å². The van der Waals surface area contributed by atoms with Crippen molar-refractivity contribution in [3.05, 3.63) is 47.5 Å². The van der Waals surface area contributed by atoms with Gasteiger partial charge in [-0.25, -0.2) is 9.59 Å². The van der Waals surface area contributed by atoms with Crippen molar-refractivity contribution in [2.45, 2.75) is 61.4 Å². The van der Waals surface area contributed by atoms with Crippen LogP contribution < -0.4 is 18.9 Å². The van der Waals surface area contributed by atoms with E-state index in [1.165, 1.54) is 50.6 Å². The molecule has 0 radical (unpaired) electrons. The van der Waals surface area contributed by atoms with Crippen molar-refractivity contribution in [3.8, 4) is 23.0 Å². The fourth-order valence-corrected chi connectivity index (χ4v) is 4.82. The van der Waals surface area contributed by atoms with Crippen molar-refractivity contribution in [3.63, 3.8) is 0 Å². The Kier molecular flexibility index (Phi) is 9.42. The quantitative estimate of drug-likeness (QED) is 0.201. The highest BCUT2D eigenvalue weighted by molar-refractivity contribution is 5.90. The standard InChI is InChI=1S/C28H32O16/c1-37-15-7-11-3-5-13(15)41-27-23(33)21(31)19(29)17(43-27)10-40-26(36)12-4-6-14(16(8-12)38-2)42-28-24(34)22(32)20(30)18(44-28)9-39-25(11)35/h3-8,17-24,27-34H,9-10H2,1-2H3/t17-,18-,19-,20-,21+,22+,23-,24-,27-,28-/m1/s1. The number of aliphatic hydroxyl groups excluding tert-OH is 6. The minimum Gasteiger partial charge on any atom is -0.493 e. The summed E-state index contributed by atoms with van der Waals surface area (Å²) in [6, 6.07) is 7.70. The summed E-state index contributed by atoms with van der Waals surface area (Å²) in [5, 5.41) is 62.9. The molecule has 240 valence electrons. The molecule has 16 nitrogen and oxygen atoms in total. The van der Waals surface area contributed by atoms with Gasteiger partial charge in [-0.3, -0.25) is 0 Å². The Labute approximate surface area is 249 Å². The molecule has 6 aliphatic rings. The summed E-state index contributed by atoms with van der Waals surface area (Å²) < 4.78 is 43.8. The van der Waals surface area contributed by atoms with Crippen LogP contribution in [0.15, 0.2) is 36.4 Å². The van der Waals surface area contributed by atoms with Crippen molar-refractivity contribution in [1.82, 2.24) is 0 Å². The van der Waals surface area contributed by atoms with Crippen molar-refractivity contribution < 1.29 is 78.1 Å². The van der Waals surface area contributed by atoms with Gasteiger partial charge in [-0.05, 0) is 36.4 Å². The summed E-state index contributed by atoms with van der Waals surface area (Å²) >= 11 is 0. The van der Waals surface area contributed by atoms with Gasteiger partial charge < -0.3 is 68.5 Å². The smallest absolute Gasteiger partial charge is 0.338 e. The molecular weight excluding hydrogens is 592 g/mol. The molecule has 0 spiro atoms. The predicted octanol–water partition coefficient (Wildman–Crippen LogP) is -1.90. The van der Waals surface area contributed by atoms with E-state index in [1.807, 2.05) is 0 Å². The van der Waals surface area contributed by atoms with Crippen LogP contribution in [0, 0.1) is 0 Å². The highest BCUT2D eigenvalue weighted by Gasteiger charge is 2.47.